The molecule has 3 atom stereocenters. The van der Waals surface area contributed by atoms with Gasteiger partial charge in [-0.25, -0.2) is 0 Å². The van der Waals surface area contributed by atoms with Gasteiger partial charge < -0.3 is 9.52 Å². The molecule has 1 aromatic heterocycles. The predicted molar refractivity (Wildman–Crippen MR) is 54.8 cm³/mol. The Hall–Kier alpha value is -0.760. The van der Waals surface area contributed by atoms with Crippen molar-refractivity contribution in [2.75, 3.05) is 0 Å². The van der Waals surface area contributed by atoms with Gasteiger partial charge in [-0.2, -0.15) is 0 Å². The lowest BCUT2D eigenvalue weighted by Crippen LogP contribution is -2.38. The minimum Gasteiger partial charge on any atom is -0.472 e. The molecule has 0 spiro atoms. The van der Waals surface area contributed by atoms with Crippen LogP contribution in [-0.4, -0.2) is 5.11 Å². The molecule has 2 rings (SSSR count). The van der Waals surface area contributed by atoms with Crippen LogP contribution in [-0.2, 0) is 5.60 Å². The molecule has 14 heavy (non-hydrogen) atoms. The lowest BCUT2D eigenvalue weighted by Gasteiger charge is -2.40. The van der Waals surface area contributed by atoms with E-state index >= 15 is 0 Å². The molecule has 1 aliphatic carbocycles. The van der Waals surface area contributed by atoms with Crippen LogP contribution in [0.25, 0.3) is 0 Å². The number of hydrogen-bond donors (Lipinski definition) is 1. The summed E-state index contributed by atoms with van der Waals surface area (Å²) in [5.74, 6) is 1.06. The summed E-state index contributed by atoms with van der Waals surface area (Å²) in [4.78, 5) is 0. The molecule has 1 saturated carbocycles. The smallest absolute Gasteiger partial charge is 0.0963 e. The summed E-state index contributed by atoms with van der Waals surface area (Å²) in [5, 5.41) is 10.6. The summed E-state index contributed by atoms with van der Waals surface area (Å²) in [6.07, 6.45) is 6.37. The van der Waals surface area contributed by atoms with Crippen molar-refractivity contribution in [2.24, 2.45) is 11.8 Å². The third-order valence-corrected chi connectivity index (χ3v) is 3.61. The Kier molecular flexibility index (Phi) is 2.40. The maximum absolute atomic E-state index is 10.6. The van der Waals surface area contributed by atoms with Crippen molar-refractivity contribution in [3.05, 3.63) is 24.2 Å². The maximum Gasteiger partial charge on any atom is 0.0963 e. The highest BCUT2D eigenvalue weighted by Gasteiger charge is 2.40. The molecule has 0 saturated heterocycles. The van der Waals surface area contributed by atoms with E-state index in [0.717, 1.165) is 30.7 Å². The SMILES string of the molecule is CC1CCC(O)(c2ccoc2)C(C)C1. The van der Waals surface area contributed by atoms with Crippen LogP contribution in [0.4, 0.5) is 0 Å². The van der Waals surface area contributed by atoms with E-state index in [1.165, 1.54) is 0 Å². The van der Waals surface area contributed by atoms with Crippen molar-refractivity contribution in [1.29, 1.82) is 0 Å². The van der Waals surface area contributed by atoms with E-state index in [1.54, 1.807) is 12.5 Å². The van der Waals surface area contributed by atoms with E-state index in [0.29, 0.717) is 5.92 Å². The highest BCUT2D eigenvalue weighted by Crippen LogP contribution is 2.43. The first kappa shape index (κ1) is 9.78. The van der Waals surface area contributed by atoms with E-state index in [1.807, 2.05) is 6.07 Å². The molecule has 1 aromatic rings. The van der Waals surface area contributed by atoms with Gasteiger partial charge in [0.15, 0.2) is 0 Å². The first-order chi connectivity index (χ1) is 6.63. The van der Waals surface area contributed by atoms with Crippen LogP contribution in [0.15, 0.2) is 23.0 Å². The van der Waals surface area contributed by atoms with Gasteiger partial charge in [0.25, 0.3) is 0 Å². The summed E-state index contributed by atoms with van der Waals surface area (Å²) in [7, 11) is 0. The molecular formula is C12H18O2. The van der Waals surface area contributed by atoms with Gasteiger partial charge in [-0.3, -0.25) is 0 Å². The summed E-state index contributed by atoms with van der Waals surface area (Å²) in [6, 6.07) is 1.88. The van der Waals surface area contributed by atoms with Gasteiger partial charge >= 0.3 is 0 Å². The van der Waals surface area contributed by atoms with Crippen LogP contribution in [0.3, 0.4) is 0 Å². The summed E-state index contributed by atoms with van der Waals surface area (Å²) in [6.45, 7) is 4.38. The summed E-state index contributed by atoms with van der Waals surface area (Å²) >= 11 is 0. The van der Waals surface area contributed by atoms with Gasteiger partial charge in [-0.1, -0.05) is 13.8 Å². The largest absolute Gasteiger partial charge is 0.472 e. The van der Waals surface area contributed by atoms with Gasteiger partial charge in [0.2, 0.25) is 0 Å². The maximum atomic E-state index is 10.6. The Balaban J connectivity index is 2.23. The molecule has 0 aliphatic heterocycles. The van der Waals surface area contributed by atoms with E-state index in [9.17, 15) is 5.11 Å². The molecule has 1 heterocycles. The van der Waals surface area contributed by atoms with Gasteiger partial charge in [0.1, 0.15) is 0 Å². The van der Waals surface area contributed by atoms with Crippen LogP contribution in [0.2, 0.25) is 0 Å². The van der Waals surface area contributed by atoms with Gasteiger partial charge in [-0.05, 0) is 37.2 Å². The van der Waals surface area contributed by atoms with E-state index in [2.05, 4.69) is 13.8 Å². The average molecular weight is 194 g/mol. The van der Waals surface area contributed by atoms with Crippen LogP contribution < -0.4 is 0 Å². The quantitative estimate of drug-likeness (QED) is 0.745. The van der Waals surface area contributed by atoms with E-state index in [4.69, 9.17) is 4.42 Å². The first-order valence-electron chi connectivity index (χ1n) is 5.38. The highest BCUT2D eigenvalue weighted by atomic mass is 16.3. The molecule has 0 radical (unpaired) electrons. The Morgan fingerprint density at radius 1 is 1.50 bits per heavy atom. The van der Waals surface area contributed by atoms with Crippen LogP contribution in [0.1, 0.15) is 38.7 Å². The second kappa shape index (κ2) is 3.43. The molecule has 78 valence electrons. The Bertz CT molecular complexity index is 291. The zero-order valence-corrected chi connectivity index (χ0v) is 8.86. The van der Waals surface area contributed by atoms with Crippen molar-refractivity contribution in [3.63, 3.8) is 0 Å². The molecule has 0 bridgehead atoms. The van der Waals surface area contributed by atoms with Crippen molar-refractivity contribution < 1.29 is 9.52 Å². The minimum absolute atomic E-state index is 0.323. The van der Waals surface area contributed by atoms with E-state index in [-0.39, 0.29) is 0 Å². The fourth-order valence-electron chi connectivity index (χ4n) is 2.57. The Morgan fingerprint density at radius 3 is 2.86 bits per heavy atom. The third kappa shape index (κ3) is 1.48. The topological polar surface area (TPSA) is 33.4 Å². The standard InChI is InChI=1S/C12H18O2/c1-9-3-5-12(13,10(2)7-9)11-4-6-14-8-11/h4,6,8-10,13H,3,5,7H2,1-2H3. The number of rotatable bonds is 1. The molecule has 1 fully saturated rings. The van der Waals surface area contributed by atoms with Gasteiger partial charge in [-0.15, -0.1) is 0 Å². The predicted octanol–water partition coefficient (Wildman–Crippen LogP) is 2.92. The van der Waals surface area contributed by atoms with Crippen LogP contribution >= 0.6 is 0 Å². The zero-order valence-electron chi connectivity index (χ0n) is 8.86. The second-order valence-corrected chi connectivity index (χ2v) is 4.72. The van der Waals surface area contributed by atoms with Crippen molar-refractivity contribution in [1.82, 2.24) is 0 Å². The number of hydrogen-bond acceptors (Lipinski definition) is 2. The van der Waals surface area contributed by atoms with Crippen molar-refractivity contribution in [3.8, 4) is 0 Å². The molecule has 2 heteroatoms. The molecule has 0 aromatic carbocycles. The van der Waals surface area contributed by atoms with Crippen LogP contribution in [0, 0.1) is 11.8 Å². The van der Waals surface area contributed by atoms with E-state index < -0.39 is 5.60 Å². The minimum atomic E-state index is -0.653. The summed E-state index contributed by atoms with van der Waals surface area (Å²) < 4.78 is 5.05. The Morgan fingerprint density at radius 2 is 2.29 bits per heavy atom. The Labute approximate surface area is 84.9 Å². The third-order valence-electron chi connectivity index (χ3n) is 3.61. The van der Waals surface area contributed by atoms with Crippen molar-refractivity contribution in [2.45, 2.75) is 38.7 Å². The second-order valence-electron chi connectivity index (χ2n) is 4.72. The lowest BCUT2D eigenvalue weighted by molar-refractivity contribution is -0.0591. The fraction of sp³-hybridized carbons (Fsp3) is 0.667. The number of aliphatic hydroxyl groups is 1. The fourth-order valence-corrected chi connectivity index (χ4v) is 2.57. The highest BCUT2D eigenvalue weighted by molar-refractivity contribution is 5.18. The van der Waals surface area contributed by atoms with Gasteiger partial charge in [0.05, 0.1) is 18.1 Å². The molecule has 0 amide bonds. The molecule has 3 unspecified atom stereocenters. The summed E-state index contributed by atoms with van der Waals surface area (Å²) in [5.41, 5.74) is 0.288. The molecular weight excluding hydrogens is 176 g/mol. The first-order valence-corrected chi connectivity index (χ1v) is 5.38. The monoisotopic (exact) mass is 194 g/mol. The normalized spacial score (nSPS) is 38.5. The lowest BCUT2D eigenvalue weighted by atomic mass is 9.70. The average Bonchev–Trinajstić information content (AvgIpc) is 2.65. The molecule has 1 N–H and O–H groups in total. The molecule has 2 nitrogen and oxygen atoms in total. The zero-order chi connectivity index (χ0) is 10.2. The van der Waals surface area contributed by atoms with Crippen molar-refractivity contribution >= 4 is 0 Å². The number of furan rings is 1. The van der Waals surface area contributed by atoms with Gasteiger partial charge in [0, 0.05) is 5.56 Å². The van der Waals surface area contributed by atoms with Crippen LogP contribution in [0.5, 0.6) is 0 Å². The molecule has 1 aliphatic rings.